The predicted octanol–water partition coefficient (Wildman–Crippen LogP) is 8.24. The summed E-state index contributed by atoms with van der Waals surface area (Å²) in [7, 11) is 0. The number of anilines is 2. The summed E-state index contributed by atoms with van der Waals surface area (Å²) in [5.74, 6) is 0.577. The maximum Gasteiger partial charge on any atom is 0.573 e. The highest BCUT2D eigenvalue weighted by Crippen LogP contribution is 2.26. The Hall–Kier alpha value is -6.54. The Morgan fingerprint density at radius 1 is 0.617 bits per heavy atom. The van der Waals surface area contributed by atoms with Gasteiger partial charge in [0.1, 0.15) is 45.8 Å². The normalized spacial score (nSPS) is 10.8. The van der Waals surface area contributed by atoms with E-state index in [1.807, 2.05) is 0 Å². The Morgan fingerprint density at radius 3 is 1.32 bits per heavy atom. The monoisotopic (exact) mass is 884 g/mol. The Bertz CT molecular complexity index is 2160. The van der Waals surface area contributed by atoms with Crippen molar-refractivity contribution in [2.24, 2.45) is 0 Å². The van der Waals surface area contributed by atoms with Gasteiger partial charge in [-0.3, -0.25) is 9.78 Å². The highest BCUT2D eigenvalue weighted by molar-refractivity contribution is 6.33. The van der Waals surface area contributed by atoms with Gasteiger partial charge in [-0.15, -0.1) is 26.3 Å². The van der Waals surface area contributed by atoms with Gasteiger partial charge in [0.2, 0.25) is 12.2 Å². The van der Waals surface area contributed by atoms with Gasteiger partial charge in [0.05, 0.1) is 35.2 Å². The Kier molecular flexibility index (Phi) is 16.9. The molecule has 0 amide bonds. The van der Waals surface area contributed by atoms with E-state index in [9.17, 15) is 26.3 Å². The number of ether oxygens (including phenoxy) is 2. The number of halogens is 8. The maximum atomic E-state index is 12.2. The summed E-state index contributed by atoms with van der Waals surface area (Å²) >= 11 is 12.3. The van der Waals surface area contributed by atoms with Crippen molar-refractivity contribution in [2.75, 3.05) is 23.7 Å². The van der Waals surface area contributed by atoms with Crippen LogP contribution in [-0.2, 0) is 22.6 Å². The summed E-state index contributed by atoms with van der Waals surface area (Å²) in [4.78, 5) is 22.5. The number of benzene rings is 2. The third-order valence-electron chi connectivity index (χ3n) is 7.41. The molecule has 60 heavy (non-hydrogen) atoms. The molecule has 4 heterocycles. The molecule has 4 N–H and O–H groups in total. The highest BCUT2D eigenvalue weighted by Gasteiger charge is 2.31. The SMILES string of the molecule is Cc1ncnc(NCCc2cnn(-c3ccc(OC(F)(F)F)cc3)c2)c1Cl.Cc1ncnc(NCCc2cnn(-c3ccc(OC(F)(F)F)cc3)c2)c1Cl.OOC#COO. The Morgan fingerprint density at radius 2 is 0.983 bits per heavy atom. The van der Waals surface area contributed by atoms with Gasteiger partial charge in [-0.05, 0) is 86.3 Å². The molecule has 16 nitrogen and oxygen atoms in total. The fourth-order valence-corrected chi connectivity index (χ4v) is 5.04. The molecule has 0 atom stereocenters. The minimum Gasteiger partial charge on any atom is -0.406 e. The number of nitrogens with one attached hydrogen (secondary N) is 2. The quantitative estimate of drug-likeness (QED) is 0.0398. The van der Waals surface area contributed by atoms with E-state index >= 15 is 0 Å². The fourth-order valence-electron chi connectivity index (χ4n) is 4.71. The van der Waals surface area contributed by atoms with Crippen molar-refractivity contribution >= 4 is 34.8 Å². The molecule has 24 heteroatoms. The van der Waals surface area contributed by atoms with Crippen molar-refractivity contribution in [1.29, 1.82) is 0 Å². The predicted molar refractivity (Wildman–Crippen MR) is 204 cm³/mol. The number of nitrogens with zero attached hydrogens (tertiary/aromatic N) is 8. The molecule has 0 unspecified atom stereocenters. The highest BCUT2D eigenvalue weighted by atomic mass is 35.5. The van der Waals surface area contributed by atoms with Crippen molar-refractivity contribution in [3.63, 3.8) is 0 Å². The first-order valence-electron chi connectivity index (χ1n) is 16.9. The van der Waals surface area contributed by atoms with Crippen LogP contribution in [0.15, 0.2) is 86.0 Å². The van der Waals surface area contributed by atoms with Crippen molar-refractivity contribution < 1.29 is 56.1 Å². The first-order chi connectivity index (χ1) is 28.5. The third-order valence-corrected chi connectivity index (χ3v) is 8.32. The van der Waals surface area contributed by atoms with E-state index in [2.05, 4.69) is 60.0 Å². The zero-order valence-electron chi connectivity index (χ0n) is 31.0. The van der Waals surface area contributed by atoms with Crippen LogP contribution in [0.3, 0.4) is 0 Å². The van der Waals surface area contributed by atoms with Crippen LogP contribution in [0, 0.1) is 26.1 Å². The second-order valence-corrected chi connectivity index (χ2v) is 12.4. The van der Waals surface area contributed by atoms with Gasteiger partial charge in [0.25, 0.3) is 0 Å². The molecule has 0 aliphatic carbocycles. The molecule has 0 aliphatic heterocycles. The van der Waals surface area contributed by atoms with Crippen LogP contribution in [-0.4, -0.2) is 75.8 Å². The van der Waals surface area contributed by atoms with Crippen LogP contribution in [0.25, 0.3) is 11.4 Å². The summed E-state index contributed by atoms with van der Waals surface area (Å²) in [5, 5.41) is 30.3. The van der Waals surface area contributed by atoms with Gasteiger partial charge in [-0.1, -0.05) is 23.2 Å². The van der Waals surface area contributed by atoms with E-state index in [-0.39, 0.29) is 11.5 Å². The average molecular weight is 886 g/mol. The van der Waals surface area contributed by atoms with Crippen LogP contribution in [0.4, 0.5) is 38.0 Å². The molecule has 0 saturated heterocycles. The van der Waals surface area contributed by atoms with Crippen molar-refractivity contribution in [3.05, 3.63) is 119 Å². The third kappa shape index (κ3) is 15.3. The summed E-state index contributed by atoms with van der Waals surface area (Å²) in [6.45, 7) is 4.76. The van der Waals surface area contributed by atoms with E-state index in [0.29, 0.717) is 70.4 Å². The lowest BCUT2D eigenvalue weighted by molar-refractivity contribution is -0.275. The summed E-state index contributed by atoms with van der Waals surface area (Å²) in [6, 6.07) is 11.0. The molecule has 0 saturated carbocycles. The Balaban J connectivity index is 0.000000233. The number of rotatable bonds is 12. The van der Waals surface area contributed by atoms with E-state index in [1.165, 1.54) is 73.4 Å². The van der Waals surface area contributed by atoms with Gasteiger partial charge < -0.3 is 20.1 Å². The number of hydrogen-bond acceptors (Lipinski definition) is 14. The molecule has 318 valence electrons. The van der Waals surface area contributed by atoms with Crippen molar-refractivity contribution in [1.82, 2.24) is 39.5 Å². The largest absolute Gasteiger partial charge is 0.573 e. The van der Waals surface area contributed by atoms with Crippen LogP contribution in [0.5, 0.6) is 11.5 Å². The maximum absolute atomic E-state index is 12.2. The second-order valence-electron chi connectivity index (χ2n) is 11.7. The number of aryl methyl sites for hydroxylation is 2. The molecule has 2 aromatic carbocycles. The summed E-state index contributed by atoms with van der Waals surface area (Å²) in [6.07, 6.45) is 4.82. The zero-order chi connectivity index (χ0) is 43.7. The van der Waals surface area contributed by atoms with E-state index in [4.69, 9.17) is 33.7 Å². The van der Waals surface area contributed by atoms with E-state index in [1.54, 1.807) is 48.0 Å². The molecule has 6 rings (SSSR count). The molecule has 4 aromatic heterocycles. The minimum absolute atomic E-state index is 0.278. The first-order valence-corrected chi connectivity index (χ1v) is 17.6. The summed E-state index contributed by atoms with van der Waals surface area (Å²) < 4.78 is 84.0. The van der Waals surface area contributed by atoms with Gasteiger partial charge in [-0.2, -0.15) is 20.7 Å². The molecule has 0 spiro atoms. The zero-order valence-corrected chi connectivity index (χ0v) is 32.6. The number of alkyl halides is 6. The van der Waals surface area contributed by atoms with E-state index < -0.39 is 12.7 Å². The molecule has 0 aliphatic rings. The van der Waals surface area contributed by atoms with Gasteiger partial charge in [0, 0.05) is 25.5 Å². The lowest BCUT2D eigenvalue weighted by Crippen LogP contribution is -2.17. The van der Waals surface area contributed by atoms with Gasteiger partial charge >= 0.3 is 12.7 Å². The lowest BCUT2D eigenvalue weighted by Gasteiger charge is -2.09. The minimum atomic E-state index is -4.71. The number of hydrogen-bond donors (Lipinski definition) is 4. The average Bonchev–Trinajstić information content (AvgIpc) is 3.88. The first kappa shape index (κ1) is 46.2. The molecule has 0 radical (unpaired) electrons. The van der Waals surface area contributed by atoms with Gasteiger partial charge in [-0.25, -0.2) is 29.3 Å². The van der Waals surface area contributed by atoms with Crippen molar-refractivity contribution in [3.8, 4) is 35.1 Å². The topological polar surface area (TPSA) is 189 Å². The van der Waals surface area contributed by atoms with Crippen LogP contribution >= 0.6 is 23.2 Å². The molecule has 0 bridgehead atoms. The van der Waals surface area contributed by atoms with Crippen LogP contribution in [0.1, 0.15) is 22.5 Å². The van der Waals surface area contributed by atoms with Crippen LogP contribution < -0.4 is 20.1 Å². The number of aromatic nitrogens is 8. The second kappa shape index (κ2) is 22.0. The van der Waals surface area contributed by atoms with Crippen LogP contribution in [0.2, 0.25) is 10.0 Å². The lowest BCUT2D eigenvalue weighted by atomic mass is 10.2. The standard InChI is InChI=1S/2C17H15ClF3N5O.C2H2O4/c2*1-11-15(18)16(24-10-23-11)22-7-6-12-8-25-26(9-12)13-2-4-14(5-3-13)27-17(19,20)21;3-5-1-2-6-4/h2*2-5,8-10H,6-7H2,1H3,(H,22,23,24);3-4H. The smallest absolute Gasteiger partial charge is 0.406 e. The molecule has 0 fully saturated rings. The molecule has 6 aromatic rings. The summed E-state index contributed by atoms with van der Waals surface area (Å²) in [5.41, 5.74) is 4.52. The fraction of sp³-hybridized carbons (Fsp3) is 0.222. The van der Waals surface area contributed by atoms with E-state index in [0.717, 1.165) is 11.1 Å². The van der Waals surface area contributed by atoms with Gasteiger partial charge in [0.15, 0.2) is 0 Å². The Labute approximate surface area is 346 Å². The van der Waals surface area contributed by atoms with Crippen molar-refractivity contribution in [2.45, 2.75) is 39.4 Å². The molecular weight excluding hydrogens is 853 g/mol. The molecular formula is C36H32Cl2F6N10O6.